The molecular formula is C7H12NS+. The predicted octanol–water partition coefficient (Wildman–Crippen LogP) is 0.921. The minimum atomic E-state index is 0.545. The van der Waals surface area contributed by atoms with Crippen LogP contribution in [0.4, 0.5) is 0 Å². The highest BCUT2D eigenvalue weighted by molar-refractivity contribution is 7.09. The molecule has 3 N–H and O–H groups in total. The standard InChI is InChI=1S/C7H11NS/c1-6(8)5-7-3-2-4-9-7/h2-4,6H,5,8H2,1H3/p+1/t6-/m1/s1. The topological polar surface area (TPSA) is 27.6 Å². The molecular weight excluding hydrogens is 130 g/mol. The molecule has 0 aliphatic carbocycles. The monoisotopic (exact) mass is 142 g/mol. The summed E-state index contributed by atoms with van der Waals surface area (Å²) in [6, 6.07) is 4.79. The third-order valence-electron chi connectivity index (χ3n) is 1.13. The lowest BCUT2D eigenvalue weighted by Crippen LogP contribution is -2.59. The Labute approximate surface area is 59.5 Å². The van der Waals surface area contributed by atoms with Crippen LogP contribution in [0.5, 0.6) is 0 Å². The molecule has 0 aliphatic rings. The van der Waals surface area contributed by atoms with Crippen molar-refractivity contribution in [2.24, 2.45) is 0 Å². The van der Waals surface area contributed by atoms with E-state index in [0.717, 1.165) is 6.42 Å². The summed E-state index contributed by atoms with van der Waals surface area (Å²) in [6.07, 6.45) is 1.12. The Morgan fingerprint density at radius 2 is 2.56 bits per heavy atom. The summed E-state index contributed by atoms with van der Waals surface area (Å²) >= 11 is 1.81. The van der Waals surface area contributed by atoms with Crippen LogP contribution in [-0.4, -0.2) is 6.04 Å². The average Bonchev–Trinajstić information content (AvgIpc) is 2.15. The fourth-order valence-electron chi connectivity index (χ4n) is 0.772. The van der Waals surface area contributed by atoms with Gasteiger partial charge < -0.3 is 5.73 Å². The van der Waals surface area contributed by atoms with Crippen molar-refractivity contribution in [1.82, 2.24) is 0 Å². The van der Waals surface area contributed by atoms with Gasteiger partial charge in [-0.1, -0.05) is 6.07 Å². The van der Waals surface area contributed by atoms with Gasteiger partial charge in [0.1, 0.15) is 0 Å². The molecule has 0 aromatic carbocycles. The minimum absolute atomic E-state index is 0.545. The molecule has 1 aromatic rings. The maximum absolute atomic E-state index is 3.92. The molecule has 0 fully saturated rings. The molecule has 1 rings (SSSR count). The Balaban J connectivity index is 2.48. The van der Waals surface area contributed by atoms with Gasteiger partial charge in [-0.2, -0.15) is 0 Å². The normalized spacial score (nSPS) is 13.6. The molecule has 0 saturated carbocycles. The zero-order valence-corrected chi connectivity index (χ0v) is 6.45. The lowest BCUT2D eigenvalue weighted by Gasteiger charge is -1.95. The number of thiophene rings is 1. The summed E-state index contributed by atoms with van der Waals surface area (Å²) in [6.45, 7) is 2.14. The molecule has 2 heteroatoms. The molecule has 0 amide bonds. The van der Waals surface area contributed by atoms with Crippen molar-refractivity contribution < 1.29 is 5.73 Å². The van der Waals surface area contributed by atoms with Crippen LogP contribution < -0.4 is 5.73 Å². The van der Waals surface area contributed by atoms with Crippen molar-refractivity contribution in [1.29, 1.82) is 0 Å². The molecule has 0 spiro atoms. The van der Waals surface area contributed by atoms with Gasteiger partial charge in [0, 0.05) is 11.3 Å². The van der Waals surface area contributed by atoms with E-state index in [9.17, 15) is 0 Å². The Hall–Kier alpha value is -0.340. The molecule has 0 saturated heterocycles. The minimum Gasteiger partial charge on any atom is -0.355 e. The van der Waals surface area contributed by atoms with Crippen molar-refractivity contribution in [3.8, 4) is 0 Å². The zero-order chi connectivity index (χ0) is 6.69. The molecule has 0 aliphatic heterocycles. The van der Waals surface area contributed by atoms with E-state index in [1.807, 2.05) is 11.3 Å². The number of rotatable bonds is 2. The van der Waals surface area contributed by atoms with Gasteiger partial charge in [0.05, 0.1) is 6.04 Å². The van der Waals surface area contributed by atoms with Gasteiger partial charge in [0.15, 0.2) is 0 Å². The molecule has 1 aromatic heterocycles. The Kier molecular flexibility index (Phi) is 2.25. The first-order valence-electron chi connectivity index (χ1n) is 3.14. The van der Waals surface area contributed by atoms with Crippen LogP contribution in [0.25, 0.3) is 0 Å². The highest BCUT2D eigenvalue weighted by atomic mass is 32.1. The van der Waals surface area contributed by atoms with Gasteiger partial charge in [-0.25, -0.2) is 0 Å². The molecule has 0 unspecified atom stereocenters. The highest BCUT2D eigenvalue weighted by Crippen LogP contribution is 2.09. The third kappa shape index (κ3) is 2.16. The van der Waals surface area contributed by atoms with Gasteiger partial charge in [0.25, 0.3) is 0 Å². The van der Waals surface area contributed by atoms with Gasteiger partial charge in [-0.05, 0) is 18.4 Å². The Bertz CT molecular complexity index is 155. The smallest absolute Gasteiger partial charge is 0.0863 e. The first-order chi connectivity index (χ1) is 4.29. The second-order valence-electron chi connectivity index (χ2n) is 2.39. The van der Waals surface area contributed by atoms with Crippen molar-refractivity contribution in [3.63, 3.8) is 0 Å². The van der Waals surface area contributed by atoms with Gasteiger partial charge in [-0.15, -0.1) is 11.3 Å². The summed E-state index contributed by atoms with van der Waals surface area (Å²) < 4.78 is 0. The lowest BCUT2D eigenvalue weighted by molar-refractivity contribution is -0.413. The first-order valence-corrected chi connectivity index (χ1v) is 4.02. The SMILES string of the molecule is C[C@@H]([NH3+])Cc1cccs1. The van der Waals surface area contributed by atoms with E-state index in [0.29, 0.717) is 6.04 Å². The van der Waals surface area contributed by atoms with E-state index in [1.54, 1.807) is 0 Å². The van der Waals surface area contributed by atoms with Crippen LogP contribution in [-0.2, 0) is 6.42 Å². The number of quaternary nitrogens is 1. The van der Waals surface area contributed by atoms with E-state index in [-0.39, 0.29) is 0 Å². The van der Waals surface area contributed by atoms with E-state index in [4.69, 9.17) is 0 Å². The van der Waals surface area contributed by atoms with E-state index >= 15 is 0 Å². The molecule has 1 atom stereocenters. The second kappa shape index (κ2) is 2.99. The van der Waals surface area contributed by atoms with Gasteiger partial charge in [-0.3, -0.25) is 0 Å². The number of hydrogen-bond donors (Lipinski definition) is 1. The highest BCUT2D eigenvalue weighted by Gasteiger charge is 1.99. The van der Waals surface area contributed by atoms with Crippen LogP contribution >= 0.6 is 11.3 Å². The fourth-order valence-corrected chi connectivity index (χ4v) is 1.64. The Morgan fingerprint density at radius 1 is 1.78 bits per heavy atom. The quantitative estimate of drug-likeness (QED) is 0.636. The summed E-state index contributed by atoms with van der Waals surface area (Å²) in [5.74, 6) is 0. The van der Waals surface area contributed by atoms with Crippen LogP contribution in [0, 0.1) is 0 Å². The Morgan fingerprint density at radius 3 is 3.00 bits per heavy atom. The van der Waals surface area contributed by atoms with E-state index in [2.05, 4.69) is 30.2 Å². The average molecular weight is 142 g/mol. The van der Waals surface area contributed by atoms with Crippen molar-refractivity contribution in [2.75, 3.05) is 0 Å². The van der Waals surface area contributed by atoms with Crippen LogP contribution in [0.15, 0.2) is 17.5 Å². The first kappa shape index (κ1) is 6.78. The van der Waals surface area contributed by atoms with Crippen molar-refractivity contribution in [2.45, 2.75) is 19.4 Å². The third-order valence-corrected chi connectivity index (χ3v) is 2.03. The molecule has 9 heavy (non-hydrogen) atoms. The summed E-state index contributed by atoms with van der Waals surface area (Å²) in [7, 11) is 0. The predicted molar refractivity (Wildman–Crippen MR) is 40.4 cm³/mol. The van der Waals surface area contributed by atoms with Crippen LogP contribution in [0.3, 0.4) is 0 Å². The lowest BCUT2D eigenvalue weighted by atomic mass is 10.2. The maximum atomic E-state index is 3.92. The van der Waals surface area contributed by atoms with Crippen molar-refractivity contribution >= 4 is 11.3 Å². The zero-order valence-electron chi connectivity index (χ0n) is 5.63. The van der Waals surface area contributed by atoms with E-state index < -0.39 is 0 Å². The molecule has 50 valence electrons. The van der Waals surface area contributed by atoms with Crippen LogP contribution in [0.2, 0.25) is 0 Å². The van der Waals surface area contributed by atoms with Crippen LogP contribution in [0.1, 0.15) is 11.8 Å². The summed E-state index contributed by atoms with van der Waals surface area (Å²) in [4.78, 5) is 1.44. The van der Waals surface area contributed by atoms with Gasteiger partial charge >= 0.3 is 0 Å². The summed E-state index contributed by atoms with van der Waals surface area (Å²) in [5, 5.41) is 2.11. The molecule has 1 nitrogen and oxygen atoms in total. The van der Waals surface area contributed by atoms with Crippen molar-refractivity contribution in [3.05, 3.63) is 22.4 Å². The molecule has 0 radical (unpaired) electrons. The molecule has 0 bridgehead atoms. The second-order valence-corrected chi connectivity index (χ2v) is 3.42. The largest absolute Gasteiger partial charge is 0.355 e. The molecule has 1 heterocycles. The number of hydrogen-bond acceptors (Lipinski definition) is 1. The summed E-state index contributed by atoms with van der Waals surface area (Å²) in [5.41, 5.74) is 3.92. The van der Waals surface area contributed by atoms with E-state index in [1.165, 1.54) is 4.88 Å². The van der Waals surface area contributed by atoms with Gasteiger partial charge in [0.2, 0.25) is 0 Å². The maximum Gasteiger partial charge on any atom is 0.0863 e. The fraction of sp³-hybridized carbons (Fsp3) is 0.429.